The van der Waals surface area contributed by atoms with Crippen molar-refractivity contribution in [3.63, 3.8) is 0 Å². The molecule has 0 aliphatic carbocycles. The zero-order valence-electron chi connectivity index (χ0n) is 11.0. The predicted octanol–water partition coefficient (Wildman–Crippen LogP) is 2.59. The summed E-state index contributed by atoms with van der Waals surface area (Å²) in [5.74, 6) is 1.79. The van der Waals surface area contributed by atoms with Crippen molar-refractivity contribution in [1.82, 2.24) is 15.1 Å². The maximum absolute atomic E-state index is 4.48. The summed E-state index contributed by atoms with van der Waals surface area (Å²) < 4.78 is 2.00. The molecule has 0 spiro atoms. The van der Waals surface area contributed by atoms with E-state index in [1.165, 1.54) is 10.6 Å². The van der Waals surface area contributed by atoms with Crippen LogP contribution in [0.1, 0.15) is 32.0 Å². The third-order valence-electron chi connectivity index (χ3n) is 2.42. The first-order valence-electron chi connectivity index (χ1n) is 5.92. The molecular formula is C12H23N3S. The Labute approximate surface area is 103 Å². The number of hydrogen-bond acceptors (Lipinski definition) is 3. The van der Waals surface area contributed by atoms with Gasteiger partial charge in [-0.25, -0.2) is 0 Å². The number of aryl methyl sites for hydroxylation is 2. The molecule has 0 saturated carbocycles. The second kappa shape index (κ2) is 6.30. The molecule has 0 amide bonds. The summed E-state index contributed by atoms with van der Waals surface area (Å²) in [7, 11) is 2.02. The van der Waals surface area contributed by atoms with Crippen molar-refractivity contribution in [2.45, 2.75) is 39.3 Å². The normalized spacial score (nSPS) is 11.4. The molecule has 0 radical (unpaired) electrons. The Bertz CT molecular complexity index is 331. The summed E-state index contributed by atoms with van der Waals surface area (Å²) >= 11 is 1.87. The van der Waals surface area contributed by atoms with Crippen LogP contribution in [0.15, 0.2) is 5.03 Å². The fourth-order valence-corrected chi connectivity index (χ4v) is 2.58. The fraction of sp³-hybridized carbons (Fsp3) is 0.750. The third-order valence-corrected chi connectivity index (χ3v) is 3.50. The lowest BCUT2D eigenvalue weighted by Gasteiger charge is -2.08. The van der Waals surface area contributed by atoms with Gasteiger partial charge < -0.3 is 5.32 Å². The van der Waals surface area contributed by atoms with Crippen molar-refractivity contribution in [1.29, 1.82) is 0 Å². The van der Waals surface area contributed by atoms with Gasteiger partial charge in [0.2, 0.25) is 0 Å². The molecule has 3 nitrogen and oxygen atoms in total. The van der Waals surface area contributed by atoms with Crippen LogP contribution in [0.2, 0.25) is 0 Å². The first-order valence-corrected chi connectivity index (χ1v) is 6.90. The Hall–Kier alpha value is -0.480. The van der Waals surface area contributed by atoms with E-state index in [-0.39, 0.29) is 0 Å². The summed E-state index contributed by atoms with van der Waals surface area (Å²) in [5, 5.41) is 9.27. The lowest BCUT2D eigenvalue weighted by molar-refractivity contribution is 0.548. The van der Waals surface area contributed by atoms with Crippen LogP contribution in [-0.2, 0) is 13.6 Å². The lowest BCUT2D eigenvalue weighted by atomic mass is 10.2. The average Bonchev–Trinajstić information content (AvgIpc) is 2.44. The highest BCUT2D eigenvalue weighted by atomic mass is 32.2. The second-order valence-electron chi connectivity index (χ2n) is 4.45. The number of thioether (sulfide) groups is 1. The van der Waals surface area contributed by atoms with Crippen molar-refractivity contribution in [2.75, 3.05) is 12.3 Å². The van der Waals surface area contributed by atoms with Crippen LogP contribution in [0.3, 0.4) is 0 Å². The van der Waals surface area contributed by atoms with Crippen LogP contribution in [0, 0.1) is 12.8 Å². The monoisotopic (exact) mass is 241 g/mol. The highest BCUT2D eigenvalue weighted by Crippen LogP contribution is 2.24. The maximum Gasteiger partial charge on any atom is 0.0984 e. The molecule has 1 rings (SSSR count). The Morgan fingerprint density at radius 3 is 2.69 bits per heavy atom. The number of aromatic nitrogens is 2. The molecule has 0 unspecified atom stereocenters. The molecule has 0 atom stereocenters. The van der Waals surface area contributed by atoms with Gasteiger partial charge in [-0.2, -0.15) is 5.10 Å². The van der Waals surface area contributed by atoms with E-state index < -0.39 is 0 Å². The van der Waals surface area contributed by atoms with E-state index in [1.54, 1.807) is 0 Å². The van der Waals surface area contributed by atoms with Gasteiger partial charge in [-0.1, -0.05) is 20.8 Å². The van der Waals surface area contributed by atoms with Crippen molar-refractivity contribution < 1.29 is 0 Å². The van der Waals surface area contributed by atoms with Gasteiger partial charge in [-0.15, -0.1) is 11.8 Å². The molecule has 1 aromatic rings. The third kappa shape index (κ3) is 3.52. The molecule has 0 bridgehead atoms. The van der Waals surface area contributed by atoms with E-state index in [0.717, 1.165) is 24.5 Å². The summed E-state index contributed by atoms with van der Waals surface area (Å²) in [6.45, 7) is 10.7. The van der Waals surface area contributed by atoms with Crippen LogP contribution in [0.4, 0.5) is 0 Å². The average molecular weight is 241 g/mol. The zero-order valence-corrected chi connectivity index (χ0v) is 11.8. The van der Waals surface area contributed by atoms with Gasteiger partial charge >= 0.3 is 0 Å². The minimum absolute atomic E-state index is 0.694. The predicted molar refractivity (Wildman–Crippen MR) is 70.9 cm³/mol. The molecule has 1 heterocycles. The van der Waals surface area contributed by atoms with Crippen molar-refractivity contribution in [2.24, 2.45) is 13.0 Å². The zero-order chi connectivity index (χ0) is 12.1. The number of hydrogen-bond donors (Lipinski definition) is 1. The fourth-order valence-electron chi connectivity index (χ4n) is 1.69. The SMILES string of the molecule is CCSc1c(CNCC(C)C)c(C)nn1C. The molecule has 92 valence electrons. The molecule has 0 aliphatic heterocycles. The summed E-state index contributed by atoms with van der Waals surface area (Å²) in [5.41, 5.74) is 2.50. The topological polar surface area (TPSA) is 29.9 Å². The van der Waals surface area contributed by atoms with Crippen LogP contribution in [0.25, 0.3) is 0 Å². The maximum atomic E-state index is 4.48. The van der Waals surface area contributed by atoms with Crippen molar-refractivity contribution in [3.8, 4) is 0 Å². The van der Waals surface area contributed by atoms with Crippen molar-refractivity contribution in [3.05, 3.63) is 11.3 Å². The molecule has 16 heavy (non-hydrogen) atoms. The smallest absolute Gasteiger partial charge is 0.0984 e. The molecule has 0 fully saturated rings. The van der Waals surface area contributed by atoms with Crippen LogP contribution >= 0.6 is 11.8 Å². The Kier molecular flexibility index (Phi) is 5.35. The van der Waals surface area contributed by atoms with Crippen LogP contribution in [-0.4, -0.2) is 22.1 Å². The first kappa shape index (κ1) is 13.6. The molecule has 0 aliphatic rings. The van der Waals surface area contributed by atoms with Crippen LogP contribution < -0.4 is 5.32 Å². The summed E-state index contributed by atoms with van der Waals surface area (Å²) in [6.07, 6.45) is 0. The second-order valence-corrected chi connectivity index (χ2v) is 5.70. The van der Waals surface area contributed by atoms with Crippen LogP contribution in [0.5, 0.6) is 0 Å². The van der Waals surface area contributed by atoms with E-state index in [9.17, 15) is 0 Å². The molecule has 4 heteroatoms. The lowest BCUT2D eigenvalue weighted by Crippen LogP contribution is -2.19. The highest BCUT2D eigenvalue weighted by Gasteiger charge is 2.12. The number of nitrogens with zero attached hydrogens (tertiary/aromatic N) is 2. The van der Waals surface area contributed by atoms with Gasteiger partial charge in [0, 0.05) is 19.2 Å². The molecule has 1 N–H and O–H groups in total. The van der Waals surface area contributed by atoms with Crippen molar-refractivity contribution >= 4 is 11.8 Å². The van der Waals surface area contributed by atoms with E-state index in [0.29, 0.717) is 5.92 Å². The highest BCUT2D eigenvalue weighted by molar-refractivity contribution is 7.99. The van der Waals surface area contributed by atoms with E-state index in [1.807, 2.05) is 23.5 Å². The van der Waals surface area contributed by atoms with Gasteiger partial charge in [0.25, 0.3) is 0 Å². The number of rotatable bonds is 6. The van der Waals surface area contributed by atoms with E-state index in [4.69, 9.17) is 0 Å². The molecule has 1 aromatic heterocycles. The summed E-state index contributed by atoms with van der Waals surface area (Å²) in [4.78, 5) is 0. The molecule has 0 saturated heterocycles. The number of nitrogens with one attached hydrogen (secondary N) is 1. The van der Waals surface area contributed by atoms with Gasteiger partial charge in [0.05, 0.1) is 10.7 Å². The standard InChI is InChI=1S/C12H23N3S/c1-6-16-12-11(8-13-7-9(2)3)10(4)14-15(12)5/h9,13H,6-8H2,1-5H3. The quantitative estimate of drug-likeness (QED) is 0.776. The van der Waals surface area contributed by atoms with Gasteiger partial charge in [0.15, 0.2) is 0 Å². The summed E-state index contributed by atoms with van der Waals surface area (Å²) in [6, 6.07) is 0. The van der Waals surface area contributed by atoms with E-state index in [2.05, 4.69) is 38.1 Å². The first-order chi connectivity index (χ1) is 7.56. The van der Waals surface area contributed by atoms with Gasteiger partial charge in [0.1, 0.15) is 0 Å². The minimum atomic E-state index is 0.694. The largest absolute Gasteiger partial charge is 0.312 e. The van der Waals surface area contributed by atoms with Gasteiger partial charge in [-0.3, -0.25) is 4.68 Å². The Balaban J connectivity index is 2.69. The Morgan fingerprint density at radius 2 is 2.12 bits per heavy atom. The van der Waals surface area contributed by atoms with Gasteiger partial charge in [-0.05, 0) is 25.1 Å². The minimum Gasteiger partial charge on any atom is -0.312 e. The molecule has 0 aromatic carbocycles. The molecular weight excluding hydrogens is 218 g/mol. The Morgan fingerprint density at radius 1 is 1.44 bits per heavy atom. The van der Waals surface area contributed by atoms with E-state index >= 15 is 0 Å².